The van der Waals surface area contributed by atoms with E-state index in [-0.39, 0.29) is 11.7 Å². The van der Waals surface area contributed by atoms with Crippen LogP contribution in [0.5, 0.6) is 0 Å². The van der Waals surface area contributed by atoms with Crippen LogP contribution in [0.1, 0.15) is 29.7 Å². The van der Waals surface area contributed by atoms with Crippen LogP contribution < -0.4 is 5.32 Å². The molecule has 1 N–H and O–H groups in total. The molecule has 1 atom stereocenters. The Labute approximate surface area is 130 Å². The van der Waals surface area contributed by atoms with E-state index in [1.54, 1.807) is 0 Å². The van der Waals surface area contributed by atoms with Crippen LogP contribution >= 0.6 is 15.9 Å². The van der Waals surface area contributed by atoms with Crippen LogP contribution in [0.15, 0.2) is 46.9 Å². The molecule has 0 radical (unpaired) electrons. The van der Waals surface area contributed by atoms with E-state index in [1.807, 2.05) is 38.1 Å². The summed E-state index contributed by atoms with van der Waals surface area (Å²) in [6.45, 7) is 3.79. The summed E-state index contributed by atoms with van der Waals surface area (Å²) in [4.78, 5) is 0. The van der Waals surface area contributed by atoms with Crippen molar-refractivity contribution in [1.82, 2.24) is 0 Å². The predicted molar refractivity (Wildman–Crippen MR) is 82.4 cm³/mol. The third-order valence-electron chi connectivity index (χ3n) is 3.31. The first-order valence-electron chi connectivity index (χ1n) is 6.48. The minimum Gasteiger partial charge on any atom is -0.378 e. The second kappa shape index (κ2) is 6.10. The summed E-state index contributed by atoms with van der Waals surface area (Å²) in [6, 6.07) is 11.4. The highest BCUT2D eigenvalue weighted by Crippen LogP contribution is 2.37. The third-order valence-corrected chi connectivity index (χ3v) is 3.81. The van der Waals surface area contributed by atoms with Gasteiger partial charge in [-0.2, -0.15) is 13.2 Å². The Morgan fingerprint density at radius 1 is 1.10 bits per heavy atom. The molecule has 0 heterocycles. The average molecular weight is 358 g/mol. The van der Waals surface area contributed by atoms with Crippen molar-refractivity contribution in [2.75, 3.05) is 5.32 Å². The van der Waals surface area contributed by atoms with Gasteiger partial charge in [0.15, 0.2) is 0 Å². The van der Waals surface area contributed by atoms with Gasteiger partial charge in [-0.1, -0.05) is 40.2 Å². The molecule has 1 unspecified atom stereocenters. The molecule has 2 aromatic rings. The molecular weight excluding hydrogens is 343 g/mol. The number of alkyl halides is 3. The van der Waals surface area contributed by atoms with Crippen LogP contribution in [0.2, 0.25) is 0 Å². The number of nitrogens with one attached hydrogen (secondary N) is 1. The van der Waals surface area contributed by atoms with E-state index in [4.69, 9.17) is 0 Å². The normalized spacial score (nSPS) is 13.0. The van der Waals surface area contributed by atoms with Crippen molar-refractivity contribution in [2.45, 2.75) is 26.1 Å². The molecule has 0 fully saturated rings. The predicted octanol–water partition coefficient (Wildman–Crippen LogP) is 5.95. The molecule has 0 aliphatic heterocycles. The van der Waals surface area contributed by atoms with Crippen molar-refractivity contribution in [3.63, 3.8) is 0 Å². The fourth-order valence-electron chi connectivity index (χ4n) is 2.27. The van der Waals surface area contributed by atoms with Gasteiger partial charge in [0, 0.05) is 16.2 Å². The zero-order valence-electron chi connectivity index (χ0n) is 11.6. The van der Waals surface area contributed by atoms with Crippen LogP contribution in [0.3, 0.4) is 0 Å². The van der Waals surface area contributed by atoms with Crippen LogP contribution in [0, 0.1) is 6.92 Å². The highest BCUT2D eigenvalue weighted by molar-refractivity contribution is 9.10. The van der Waals surface area contributed by atoms with E-state index in [0.29, 0.717) is 4.47 Å². The molecule has 1 nitrogen and oxygen atoms in total. The standard InChI is InChI=1S/C16H15BrF3N/c1-10-5-3-4-6-13(10)11(2)21-15-9-12(17)7-8-14(15)16(18,19)20/h3-9,11,21H,1-2H3. The summed E-state index contributed by atoms with van der Waals surface area (Å²) in [5, 5.41) is 2.96. The topological polar surface area (TPSA) is 12.0 Å². The molecule has 5 heteroatoms. The molecule has 2 rings (SSSR count). The van der Waals surface area contributed by atoms with Crippen molar-refractivity contribution in [3.05, 3.63) is 63.6 Å². The number of anilines is 1. The molecule has 2 aromatic carbocycles. The Morgan fingerprint density at radius 2 is 1.76 bits per heavy atom. The minimum absolute atomic E-state index is 0.0765. The van der Waals surface area contributed by atoms with Gasteiger partial charge < -0.3 is 5.32 Å². The van der Waals surface area contributed by atoms with Crippen molar-refractivity contribution >= 4 is 21.6 Å². The summed E-state index contributed by atoms with van der Waals surface area (Å²) >= 11 is 3.22. The SMILES string of the molecule is Cc1ccccc1C(C)Nc1cc(Br)ccc1C(F)(F)F. The van der Waals surface area contributed by atoms with E-state index in [2.05, 4.69) is 21.2 Å². The molecule has 0 amide bonds. The number of rotatable bonds is 3. The maximum absolute atomic E-state index is 13.1. The fourth-order valence-corrected chi connectivity index (χ4v) is 2.63. The lowest BCUT2D eigenvalue weighted by molar-refractivity contribution is -0.137. The van der Waals surface area contributed by atoms with Gasteiger partial charge in [-0.25, -0.2) is 0 Å². The fraction of sp³-hybridized carbons (Fsp3) is 0.250. The summed E-state index contributed by atoms with van der Waals surface area (Å²) in [7, 11) is 0. The number of hydrogen-bond acceptors (Lipinski definition) is 1. The van der Waals surface area contributed by atoms with Gasteiger partial charge in [-0.05, 0) is 43.2 Å². The van der Waals surface area contributed by atoms with Crippen LogP contribution in [0.25, 0.3) is 0 Å². The number of aryl methyl sites for hydroxylation is 1. The summed E-state index contributed by atoms with van der Waals surface area (Å²) in [5.74, 6) is 0. The average Bonchev–Trinajstić information content (AvgIpc) is 2.37. The van der Waals surface area contributed by atoms with Gasteiger partial charge in [-0.3, -0.25) is 0 Å². The number of hydrogen-bond donors (Lipinski definition) is 1. The van der Waals surface area contributed by atoms with Crippen LogP contribution in [-0.2, 0) is 6.18 Å². The van der Waals surface area contributed by atoms with E-state index in [9.17, 15) is 13.2 Å². The smallest absolute Gasteiger partial charge is 0.378 e. The van der Waals surface area contributed by atoms with E-state index in [0.717, 1.165) is 17.2 Å². The first kappa shape index (κ1) is 15.9. The van der Waals surface area contributed by atoms with Crippen LogP contribution in [0.4, 0.5) is 18.9 Å². The minimum atomic E-state index is -4.38. The van der Waals surface area contributed by atoms with Crippen molar-refractivity contribution in [1.29, 1.82) is 0 Å². The van der Waals surface area contributed by atoms with Crippen molar-refractivity contribution < 1.29 is 13.2 Å². The Bertz CT molecular complexity index is 638. The van der Waals surface area contributed by atoms with E-state index < -0.39 is 11.7 Å². The molecule has 21 heavy (non-hydrogen) atoms. The second-order valence-electron chi connectivity index (χ2n) is 4.91. The summed E-state index contributed by atoms with van der Waals surface area (Å²) in [5.41, 5.74) is 1.44. The molecule has 0 aromatic heterocycles. The summed E-state index contributed by atoms with van der Waals surface area (Å²) < 4.78 is 39.8. The quantitative estimate of drug-likeness (QED) is 0.715. The van der Waals surface area contributed by atoms with Gasteiger partial charge in [0.05, 0.1) is 5.56 Å². The highest BCUT2D eigenvalue weighted by atomic mass is 79.9. The molecule has 0 saturated carbocycles. The van der Waals surface area contributed by atoms with Crippen LogP contribution in [-0.4, -0.2) is 0 Å². The molecule has 112 valence electrons. The third kappa shape index (κ3) is 3.79. The largest absolute Gasteiger partial charge is 0.418 e. The van der Waals surface area contributed by atoms with Gasteiger partial charge in [-0.15, -0.1) is 0 Å². The lowest BCUT2D eigenvalue weighted by Crippen LogP contribution is -2.14. The van der Waals surface area contributed by atoms with Gasteiger partial charge in [0.2, 0.25) is 0 Å². The highest BCUT2D eigenvalue weighted by Gasteiger charge is 2.33. The maximum Gasteiger partial charge on any atom is 0.418 e. The Hall–Kier alpha value is -1.49. The molecule has 0 spiro atoms. The van der Waals surface area contributed by atoms with E-state index in [1.165, 1.54) is 12.1 Å². The first-order valence-corrected chi connectivity index (χ1v) is 7.27. The second-order valence-corrected chi connectivity index (χ2v) is 5.83. The van der Waals surface area contributed by atoms with Gasteiger partial charge in [0.1, 0.15) is 0 Å². The molecule has 0 bridgehead atoms. The molecular formula is C16H15BrF3N. The summed E-state index contributed by atoms with van der Waals surface area (Å²) in [6.07, 6.45) is -4.38. The Balaban J connectivity index is 2.35. The number of benzene rings is 2. The van der Waals surface area contributed by atoms with E-state index >= 15 is 0 Å². The van der Waals surface area contributed by atoms with Crippen molar-refractivity contribution in [3.8, 4) is 0 Å². The number of halogens is 4. The Morgan fingerprint density at radius 3 is 2.38 bits per heavy atom. The maximum atomic E-state index is 13.1. The molecule has 0 saturated heterocycles. The van der Waals surface area contributed by atoms with Gasteiger partial charge in [0.25, 0.3) is 0 Å². The first-order chi connectivity index (χ1) is 9.79. The Kier molecular flexibility index (Phi) is 4.61. The van der Waals surface area contributed by atoms with Crippen molar-refractivity contribution in [2.24, 2.45) is 0 Å². The zero-order chi connectivity index (χ0) is 15.6. The zero-order valence-corrected chi connectivity index (χ0v) is 13.2. The lowest BCUT2D eigenvalue weighted by atomic mass is 10.0. The molecule has 0 aliphatic carbocycles. The monoisotopic (exact) mass is 357 g/mol. The molecule has 0 aliphatic rings. The van der Waals surface area contributed by atoms with Gasteiger partial charge >= 0.3 is 6.18 Å². The lowest BCUT2D eigenvalue weighted by Gasteiger charge is -2.21.